The predicted molar refractivity (Wildman–Crippen MR) is 58.6 cm³/mol. The molecule has 0 atom stereocenters. The smallest absolute Gasteiger partial charge is 0.230 e. The molecule has 5 nitrogen and oxygen atoms in total. The van der Waals surface area contributed by atoms with Crippen molar-refractivity contribution >= 4 is 0 Å². The zero-order valence-corrected chi connectivity index (χ0v) is 9.40. The van der Waals surface area contributed by atoms with Crippen LogP contribution in [0.1, 0.15) is 23.0 Å². The summed E-state index contributed by atoms with van der Waals surface area (Å²) in [6, 6.07) is 3.97. The minimum absolute atomic E-state index is 0.566. The standard InChI is InChI=1S/C11H14N4O/c1-8-4-3-5-13-10(8)6-12-7-11-15-14-9(2)16-11/h3-5,12H,6-7H2,1-2H3. The molecule has 1 N–H and O–H groups in total. The molecule has 2 aromatic rings. The summed E-state index contributed by atoms with van der Waals surface area (Å²) in [5, 5.41) is 10.9. The lowest BCUT2D eigenvalue weighted by molar-refractivity contribution is 0.446. The average Bonchev–Trinajstić information content (AvgIpc) is 2.67. The highest BCUT2D eigenvalue weighted by molar-refractivity contribution is 5.17. The van der Waals surface area contributed by atoms with Crippen molar-refractivity contribution in [1.82, 2.24) is 20.5 Å². The van der Waals surface area contributed by atoms with Crippen LogP contribution in [0, 0.1) is 13.8 Å². The zero-order chi connectivity index (χ0) is 11.4. The van der Waals surface area contributed by atoms with Gasteiger partial charge in [0.2, 0.25) is 11.8 Å². The van der Waals surface area contributed by atoms with Crippen molar-refractivity contribution in [2.45, 2.75) is 26.9 Å². The molecule has 84 valence electrons. The van der Waals surface area contributed by atoms with Gasteiger partial charge in [-0.05, 0) is 18.6 Å². The van der Waals surface area contributed by atoms with Gasteiger partial charge in [0.25, 0.3) is 0 Å². The number of pyridine rings is 1. The monoisotopic (exact) mass is 218 g/mol. The van der Waals surface area contributed by atoms with Crippen molar-refractivity contribution in [3.05, 3.63) is 41.4 Å². The Morgan fingerprint density at radius 1 is 1.25 bits per heavy atom. The van der Waals surface area contributed by atoms with Crippen molar-refractivity contribution in [3.63, 3.8) is 0 Å². The Labute approximate surface area is 93.9 Å². The zero-order valence-electron chi connectivity index (χ0n) is 9.40. The van der Waals surface area contributed by atoms with Crippen LogP contribution in [0.15, 0.2) is 22.7 Å². The number of rotatable bonds is 4. The van der Waals surface area contributed by atoms with E-state index in [2.05, 4.69) is 20.5 Å². The highest BCUT2D eigenvalue weighted by Gasteiger charge is 2.02. The second-order valence-corrected chi connectivity index (χ2v) is 3.59. The summed E-state index contributed by atoms with van der Waals surface area (Å²) >= 11 is 0. The minimum Gasteiger partial charge on any atom is -0.424 e. The van der Waals surface area contributed by atoms with Gasteiger partial charge >= 0.3 is 0 Å². The summed E-state index contributed by atoms with van der Waals surface area (Å²) in [4.78, 5) is 4.29. The van der Waals surface area contributed by atoms with Crippen molar-refractivity contribution in [2.24, 2.45) is 0 Å². The van der Waals surface area contributed by atoms with Gasteiger partial charge in [0, 0.05) is 19.7 Å². The highest BCUT2D eigenvalue weighted by Crippen LogP contribution is 2.03. The van der Waals surface area contributed by atoms with E-state index in [-0.39, 0.29) is 0 Å². The number of aryl methyl sites for hydroxylation is 2. The molecular weight excluding hydrogens is 204 g/mol. The van der Waals surface area contributed by atoms with Crippen LogP contribution in [0.5, 0.6) is 0 Å². The minimum atomic E-state index is 0.566. The normalized spacial score (nSPS) is 10.6. The molecule has 2 aromatic heterocycles. The summed E-state index contributed by atoms with van der Waals surface area (Å²) in [7, 11) is 0. The van der Waals surface area contributed by atoms with Gasteiger partial charge in [-0.15, -0.1) is 10.2 Å². The maximum absolute atomic E-state index is 5.25. The molecule has 0 fully saturated rings. The van der Waals surface area contributed by atoms with Gasteiger partial charge in [0.1, 0.15) is 0 Å². The average molecular weight is 218 g/mol. The molecule has 0 aliphatic carbocycles. The van der Waals surface area contributed by atoms with Crippen LogP contribution in [0.3, 0.4) is 0 Å². The molecule has 2 rings (SSSR count). The van der Waals surface area contributed by atoms with E-state index in [4.69, 9.17) is 4.42 Å². The fourth-order valence-electron chi connectivity index (χ4n) is 1.40. The molecule has 0 saturated heterocycles. The summed E-state index contributed by atoms with van der Waals surface area (Å²) in [6.07, 6.45) is 1.79. The second kappa shape index (κ2) is 4.85. The van der Waals surface area contributed by atoms with Gasteiger partial charge < -0.3 is 9.73 Å². The van der Waals surface area contributed by atoms with E-state index < -0.39 is 0 Å². The number of nitrogens with one attached hydrogen (secondary N) is 1. The molecule has 0 aliphatic rings. The first-order chi connectivity index (χ1) is 7.75. The fourth-order valence-corrected chi connectivity index (χ4v) is 1.40. The lowest BCUT2D eigenvalue weighted by atomic mass is 10.2. The Hall–Kier alpha value is -1.75. The lowest BCUT2D eigenvalue weighted by Crippen LogP contribution is -2.14. The van der Waals surface area contributed by atoms with E-state index in [9.17, 15) is 0 Å². The van der Waals surface area contributed by atoms with Crippen LogP contribution in [0.2, 0.25) is 0 Å². The first kappa shape index (κ1) is 10.8. The maximum atomic E-state index is 5.25. The third-order valence-electron chi connectivity index (χ3n) is 2.25. The van der Waals surface area contributed by atoms with Crippen LogP contribution in [0.4, 0.5) is 0 Å². The van der Waals surface area contributed by atoms with Crippen LogP contribution in [-0.4, -0.2) is 15.2 Å². The van der Waals surface area contributed by atoms with Gasteiger partial charge in [-0.2, -0.15) is 0 Å². The van der Waals surface area contributed by atoms with Crippen molar-refractivity contribution in [1.29, 1.82) is 0 Å². The Morgan fingerprint density at radius 3 is 2.81 bits per heavy atom. The molecular formula is C11H14N4O. The van der Waals surface area contributed by atoms with Gasteiger partial charge in [0.15, 0.2) is 0 Å². The summed E-state index contributed by atoms with van der Waals surface area (Å²) < 4.78 is 5.25. The first-order valence-corrected chi connectivity index (χ1v) is 5.16. The number of hydrogen-bond acceptors (Lipinski definition) is 5. The molecule has 0 amide bonds. The Kier molecular flexibility index (Phi) is 3.26. The topological polar surface area (TPSA) is 63.8 Å². The Balaban J connectivity index is 1.87. The molecule has 0 aliphatic heterocycles. The molecule has 0 saturated carbocycles. The van der Waals surface area contributed by atoms with E-state index in [0.29, 0.717) is 24.9 Å². The molecule has 5 heteroatoms. The van der Waals surface area contributed by atoms with E-state index in [1.54, 1.807) is 13.1 Å². The molecule has 0 spiro atoms. The first-order valence-electron chi connectivity index (χ1n) is 5.16. The highest BCUT2D eigenvalue weighted by atomic mass is 16.4. The van der Waals surface area contributed by atoms with Crippen molar-refractivity contribution < 1.29 is 4.42 Å². The largest absolute Gasteiger partial charge is 0.424 e. The quantitative estimate of drug-likeness (QED) is 0.839. The van der Waals surface area contributed by atoms with Gasteiger partial charge in [-0.1, -0.05) is 6.07 Å². The third kappa shape index (κ3) is 2.64. The van der Waals surface area contributed by atoms with Crippen molar-refractivity contribution in [2.75, 3.05) is 0 Å². The molecule has 0 unspecified atom stereocenters. The van der Waals surface area contributed by atoms with E-state index in [1.807, 2.05) is 19.1 Å². The summed E-state index contributed by atoms with van der Waals surface area (Å²) in [5.41, 5.74) is 2.22. The Bertz CT molecular complexity index is 467. The molecule has 0 radical (unpaired) electrons. The SMILES string of the molecule is Cc1nnc(CNCc2ncccc2C)o1. The van der Waals surface area contributed by atoms with Gasteiger partial charge in [-0.3, -0.25) is 4.98 Å². The summed E-state index contributed by atoms with van der Waals surface area (Å²) in [6.45, 7) is 5.09. The van der Waals surface area contributed by atoms with E-state index in [0.717, 1.165) is 5.69 Å². The van der Waals surface area contributed by atoms with Crippen molar-refractivity contribution in [3.8, 4) is 0 Å². The van der Waals surface area contributed by atoms with Crippen LogP contribution in [-0.2, 0) is 13.1 Å². The lowest BCUT2D eigenvalue weighted by Gasteiger charge is -2.04. The predicted octanol–water partition coefficient (Wildman–Crippen LogP) is 1.37. The van der Waals surface area contributed by atoms with E-state index in [1.165, 1.54) is 5.56 Å². The second-order valence-electron chi connectivity index (χ2n) is 3.59. The molecule has 0 bridgehead atoms. The van der Waals surface area contributed by atoms with E-state index >= 15 is 0 Å². The molecule has 2 heterocycles. The number of nitrogens with zero attached hydrogens (tertiary/aromatic N) is 3. The molecule has 0 aromatic carbocycles. The van der Waals surface area contributed by atoms with Crippen LogP contribution < -0.4 is 5.32 Å². The Morgan fingerprint density at radius 2 is 2.12 bits per heavy atom. The van der Waals surface area contributed by atoms with Crippen LogP contribution in [0.25, 0.3) is 0 Å². The number of hydrogen-bond donors (Lipinski definition) is 1. The third-order valence-corrected chi connectivity index (χ3v) is 2.25. The summed E-state index contributed by atoms with van der Waals surface area (Å²) in [5.74, 6) is 1.19. The van der Waals surface area contributed by atoms with Crippen LogP contribution >= 0.6 is 0 Å². The van der Waals surface area contributed by atoms with Gasteiger partial charge in [-0.25, -0.2) is 0 Å². The molecule has 16 heavy (non-hydrogen) atoms. The fraction of sp³-hybridized carbons (Fsp3) is 0.364. The maximum Gasteiger partial charge on any atom is 0.230 e. The van der Waals surface area contributed by atoms with Gasteiger partial charge in [0.05, 0.1) is 12.2 Å². The number of aromatic nitrogens is 3.